The van der Waals surface area contributed by atoms with E-state index in [-0.39, 0.29) is 17.7 Å². The van der Waals surface area contributed by atoms with Crippen molar-refractivity contribution in [2.24, 2.45) is 17.6 Å². The van der Waals surface area contributed by atoms with Crippen molar-refractivity contribution in [3.8, 4) is 0 Å². The maximum absolute atomic E-state index is 13.0. The lowest BCUT2D eigenvalue weighted by molar-refractivity contribution is -0.143. The first-order valence-electron chi connectivity index (χ1n) is 10.9. The van der Waals surface area contributed by atoms with E-state index in [1.54, 1.807) is 0 Å². The average molecular weight is 459 g/mol. The Labute approximate surface area is 189 Å². The molecule has 0 aromatic rings. The van der Waals surface area contributed by atoms with Gasteiger partial charge in [0, 0.05) is 6.54 Å². The Bertz CT molecular complexity index is 643. The zero-order chi connectivity index (χ0) is 23.7. The molecule has 0 saturated carbocycles. The molecule has 1 rings (SSSR count). The number of hydrogen-bond donors (Lipinski definition) is 4. The Morgan fingerprint density at radius 1 is 1.13 bits per heavy atom. The second-order valence-electron chi connectivity index (χ2n) is 8.83. The summed E-state index contributed by atoms with van der Waals surface area (Å²) >= 11 is 1.50. The van der Waals surface area contributed by atoms with Gasteiger partial charge in [-0.25, -0.2) is 4.79 Å². The van der Waals surface area contributed by atoms with Crippen molar-refractivity contribution in [3.63, 3.8) is 0 Å². The first kappa shape index (κ1) is 27.2. The van der Waals surface area contributed by atoms with Gasteiger partial charge in [0.2, 0.25) is 17.7 Å². The molecular formula is C21H38N4O5S. The van der Waals surface area contributed by atoms with Crippen molar-refractivity contribution in [3.05, 3.63) is 0 Å². The summed E-state index contributed by atoms with van der Waals surface area (Å²) in [5.74, 6) is -1.66. The molecule has 1 heterocycles. The summed E-state index contributed by atoms with van der Waals surface area (Å²) in [6.07, 6.45) is 3.71. The van der Waals surface area contributed by atoms with Crippen LogP contribution in [-0.4, -0.2) is 76.4 Å². The number of carboxylic acid groups (broad SMARTS) is 1. The number of aliphatic carboxylic acids is 1. The predicted octanol–water partition coefficient (Wildman–Crippen LogP) is 0.814. The molecule has 31 heavy (non-hydrogen) atoms. The number of amides is 3. The van der Waals surface area contributed by atoms with Crippen LogP contribution in [0, 0.1) is 11.8 Å². The molecular weight excluding hydrogens is 420 g/mol. The lowest BCUT2D eigenvalue weighted by atomic mass is 10.0. The topological polar surface area (TPSA) is 142 Å². The molecule has 0 radical (unpaired) electrons. The van der Waals surface area contributed by atoms with Crippen molar-refractivity contribution in [1.29, 1.82) is 0 Å². The molecule has 3 amide bonds. The molecule has 4 atom stereocenters. The normalized spacial score (nSPS) is 19.2. The van der Waals surface area contributed by atoms with Crippen LogP contribution in [0.15, 0.2) is 0 Å². The van der Waals surface area contributed by atoms with Gasteiger partial charge in [0.25, 0.3) is 0 Å². The van der Waals surface area contributed by atoms with Crippen LogP contribution in [0.25, 0.3) is 0 Å². The van der Waals surface area contributed by atoms with E-state index in [9.17, 15) is 24.3 Å². The summed E-state index contributed by atoms with van der Waals surface area (Å²) in [6, 6.07) is -3.25. The van der Waals surface area contributed by atoms with Gasteiger partial charge in [-0.15, -0.1) is 0 Å². The van der Waals surface area contributed by atoms with Gasteiger partial charge in [0.05, 0.1) is 6.04 Å². The third-order valence-corrected chi connectivity index (χ3v) is 6.05. The SMILES string of the molecule is CSCCC(NC(=O)C(CC(C)C)NC(=O)C1CCCN1C(=O)C(N)C(C)C)C(=O)O. The molecule has 9 nitrogen and oxygen atoms in total. The van der Waals surface area contributed by atoms with Crippen molar-refractivity contribution in [2.75, 3.05) is 18.6 Å². The molecule has 1 saturated heterocycles. The smallest absolute Gasteiger partial charge is 0.326 e. The monoisotopic (exact) mass is 458 g/mol. The van der Waals surface area contributed by atoms with Crippen LogP contribution in [0.2, 0.25) is 0 Å². The molecule has 0 bridgehead atoms. The number of thioether (sulfide) groups is 1. The Kier molecular flexibility index (Phi) is 11.3. The van der Waals surface area contributed by atoms with Gasteiger partial charge in [0.15, 0.2) is 0 Å². The second-order valence-corrected chi connectivity index (χ2v) is 9.82. The lowest BCUT2D eigenvalue weighted by Gasteiger charge is -2.30. The Balaban J connectivity index is 2.90. The highest BCUT2D eigenvalue weighted by atomic mass is 32.2. The van der Waals surface area contributed by atoms with Crippen LogP contribution >= 0.6 is 11.8 Å². The maximum atomic E-state index is 13.0. The lowest BCUT2D eigenvalue weighted by Crippen LogP contribution is -2.57. The van der Waals surface area contributed by atoms with E-state index in [0.717, 1.165) is 0 Å². The maximum Gasteiger partial charge on any atom is 0.326 e. The van der Waals surface area contributed by atoms with Crippen molar-refractivity contribution in [1.82, 2.24) is 15.5 Å². The van der Waals surface area contributed by atoms with Crippen LogP contribution < -0.4 is 16.4 Å². The number of carboxylic acids is 1. The van der Waals surface area contributed by atoms with Gasteiger partial charge in [-0.2, -0.15) is 11.8 Å². The van der Waals surface area contributed by atoms with Crippen molar-refractivity contribution >= 4 is 35.5 Å². The van der Waals surface area contributed by atoms with Gasteiger partial charge in [-0.1, -0.05) is 27.7 Å². The Hall–Kier alpha value is -1.81. The quantitative estimate of drug-likeness (QED) is 0.339. The van der Waals surface area contributed by atoms with Crippen molar-refractivity contribution < 1.29 is 24.3 Å². The molecule has 4 unspecified atom stereocenters. The van der Waals surface area contributed by atoms with Crippen molar-refractivity contribution in [2.45, 2.75) is 77.5 Å². The molecule has 178 valence electrons. The van der Waals surface area contributed by atoms with Gasteiger partial charge in [0.1, 0.15) is 18.1 Å². The third-order valence-electron chi connectivity index (χ3n) is 5.41. The number of nitrogens with one attached hydrogen (secondary N) is 2. The van der Waals surface area contributed by atoms with E-state index in [2.05, 4.69) is 10.6 Å². The second kappa shape index (κ2) is 12.9. The summed E-state index contributed by atoms with van der Waals surface area (Å²) in [7, 11) is 0. The summed E-state index contributed by atoms with van der Waals surface area (Å²) in [5, 5.41) is 14.7. The van der Waals surface area contributed by atoms with Gasteiger partial charge >= 0.3 is 5.97 Å². The number of carbonyl (C=O) groups excluding carboxylic acids is 3. The van der Waals surface area contributed by atoms with E-state index in [0.29, 0.717) is 38.0 Å². The van der Waals surface area contributed by atoms with Crippen LogP contribution in [-0.2, 0) is 19.2 Å². The largest absolute Gasteiger partial charge is 0.480 e. The minimum Gasteiger partial charge on any atom is -0.480 e. The number of nitrogens with two attached hydrogens (primary N) is 1. The Morgan fingerprint density at radius 2 is 1.77 bits per heavy atom. The standard InChI is InChI=1S/C21H38N4O5S/c1-12(2)11-15(18(26)23-14(21(29)30)8-10-31-5)24-19(27)16-7-6-9-25(16)20(28)17(22)13(3)4/h12-17H,6-11,22H2,1-5H3,(H,23,26)(H,24,27)(H,29,30). The number of nitrogens with zero attached hydrogens (tertiary/aromatic N) is 1. The van der Waals surface area contributed by atoms with Gasteiger partial charge in [-0.05, 0) is 49.5 Å². The first-order chi connectivity index (χ1) is 14.5. The number of rotatable bonds is 12. The fourth-order valence-electron chi connectivity index (χ4n) is 3.52. The van der Waals surface area contributed by atoms with Crippen LogP contribution in [0.1, 0.15) is 53.4 Å². The molecule has 0 aliphatic carbocycles. The summed E-state index contributed by atoms with van der Waals surface area (Å²) in [4.78, 5) is 51.5. The minimum absolute atomic E-state index is 0.0504. The Morgan fingerprint density at radius 3 is 2.29 bits per heavy atom. The van der Waals surface area contributed by atoms with Gasteiger partial charge < -0.3 is 26.4 Å². The van der Waals surface area contributed by atoms with Gasteiger partial charge in [-0.3, -0.25) is 14.4 Å². The fraction of sp³-hybridized carbons (Fsp3) is 0.810. The highest BCUT2D eigenvalue weighted by molar-refractivity contribution is 7.98. The average Bonchev–Trinajstić information content (AvgIpc) is 3.18. The van der Waals surface area contributed by atoms with E-state index < -0.39 is 42.0 Å². The molecule has 10 heteroatoms. The molecule has 1 fully saturated rings. The van der Waals surface area contributed by atoms with E-state index in [1.165, 1.54) is 16.7 Å². The fourth-order valence-corrected chi connectivity index (χ4v) is 3.99. The minimum atomic E-state index is -1.10. The number of likely N-dealkylation sites (tertiary alicyclic amines) is 1. The molecule has 1 aliphatic heterocycles. The van der Waals surface area contributed by atoms with Crippen LogP contribution in [0.4, 0.5) is 0 Å². The third kappa shape index (κ3) is 8.33. The zero-order valence-corrected chi connectivity index (χ0v) is 20.0. The van der Waals surface area contributed by atoms with Crippen LogP contribution in [0.5, 0.6) is 0 Å². The first-order valence-corrected chi connectivity index (χ1v) is 12.3. The highest BCUT2D eigenvalue weighted by Crippen LogP contribution is 2.20. The number of carbonyl (C=O) groups is 4. The summed E-state index contributed by atoms with van der Waals surface area (Å²) in [5.41, 5.74) is 6.00. The van der Waals surface area contributed by atoms with E-state index >= 15 is 0 Å². The van der Waals surface area contributed by atoms with E-state index in [4.69, 9.17) is 5.73 Å². The van der Waals surface area contributed by atoms with Crippen LogP contribution in [0.3, 0.4) is 0 Å². The summed E-state index contributed by atoms with van der Waals surface area (Å²) in [6.45, 7) is 8.00. The number of hydrogen-bond acceptors (Lipinski definition) is 6. The molecule has 1 aliphatic rings. The molecule has 5 N–H and O–H groups in total. The summed E-state index contributed by atoms with van der Waals surface area (Å²) < 4.78 is 0. The molecule has 0 aromatic heterocycles. The zero-order valence-electron chi connectivity index (χ0n) is 19.2. The highest BCUT2D eigenvalue weighted by Gasteiger charge is 2.38. The van der Waals surface area contributed by atoms with E-state index in [1.807, 2.05) is 34.0 Å². The predicted molar refractivity (Wildman–Crippen MR) is 121 cm³/mol. The molecule has 0 spiro atoms. The molecule has 0 aromatic carbocycles.